The molecule has 20 nitrogen and oxygen atoms in total. The van der Waals surface area contributed by atoms with Gasteiger partial charge < -0.3 is 54.8 Å². The van der Waals surface area contributed by atoms with Gasteiger partial charge in [-0.25, -0.2) is 9.59 Å². The molecule has 0 radical (unpaired) electrons. The number of ether oxygens (including phenoxy) is 6. The fourth-order valence-corrected chi connectivity index (χ4v) is 11.6. The second-order valence-corrected chi connectivity index (χ2v) is 24.0. The molecule has 4 bridgehead atoms. The molecule has 83 heavy (non-hydrogen) atoms. The molecular weight excluding hydrogens is 1090 g/mol. The fourth-order valence-electron chi connectivity index (χ4n) is 11.3. The van der Waals surface area contributed by atoms with Gasteiger partial charge in [-0.2, -0.15) is 0 Å². The molecule has 0 spiro atoms. The number of nitrogens with zero attached hydrogens (tertiary/aromatic N) is 1. The van der Waals surface area contributed by atoms with Crippen LogP contribution in [0.25, 0.3) is 0 Å². The highest BCUT2D eigenvalue weighted by Gasteiger charge is 2.64. The Hall–Kier alpha value is -6.35. The zero-order valence-electron chi connectivity index (χ0n) is 49.8. The maximum Gasteiger partial charge on any atom is 0.412 e. The number of carbonyl (C=O) groups excluding carboxylic acids is 8. The van der Waals surface area contributed by atoms with E-state index in [1.165, 1.54) is 19.1 Å². The minimum absolute atomic E-state index is 0.00357. The lowest BCUT2D eigenvalue weighted by atomic mass is 9.78. The van der Waals surface area contributed by atoms with Gasteiger partial charge in [-0.05, 0) is 126 Å². The molecule has 1 saturated carbocycles. The van der Waals surface area contributed by atoms with Gasteiger partial charge in [0, 0.05) is 63.9 Å². The van der Waals surface area contributed by atoms with Crippen molar-refractivity contribution in [3.05, 3.63) is 75.8 Å². The summed E-state index contributed by atoms with van der Waals surface area (Å²) in [5.41, 5.74) is 5.94. The number of ketones is 2. The van der Waals surface area contributed by atoms with Crippen molar-refractivity contribution >= 4 is 70.4 Å². The van der Waals surface area contributed by atoms with Crippen LogP contribution in [0, 0.1) is 30.6 Å². The summed E-state index contributed by atoms with van der Waals surface area (Å²) in [6.07, 6.45) is 5.55. The van der Waals surface area contributed by atoms with Gasteiger partial charge >= 0.3 is 24.1 Å². The Morgan fingerprint density at radius 1 is 1.00 bits per heavy atom. The van der Waals surface area contributed by atoms with Gasteiger partial charge in [0.1, 0.15) is 46.1 Å². The third-order valence-corrected chi connectivity index (χ3v) is 17.1. The number of primary amides is 1. The predicted molar refractivity (Wildman–Crippen MR) is 312 cm³/mol. The number of epoxide rings is 1. The minimum atomic E-state index is -1.64. The fraction of sp³-hybridized carbons (Fsp3) is 0.613. The third-order valence-electron chi connectivity index (χ3n) is 16.7. The first-order valence-corrected chi connectivity index (χ1v) is 29.4. The number of Topliss-reactive ketones (excluding diaryl/α,β-unsaturated/α-hetero) is 2. The van der Waals surface area contributed by atoms with Crippen LogP contribution in [0.15, 0.2) is 54.1 Å². The number of aryl methyl sites for hydroxylation is 1. The number of benzene rings is 2. The van der Waals surface area contributed by atoms with Gasteiger partial charge in [0.25, 0.3) is 0 Å². The molecule has 3 fully saturated rings. The number of methoxy groups -OCH3 is 2. The molecule has 2 aromatic carbocycles. The van der Waals surface area contributed by atoms with Crippen LogP contribution in [-0.2, 0) is 65.3 Å². The Kier molecular flexibility index (Phi) is 23.3. The van der Waals surface area contributed by atoms with Crippen molar-refractivity contribution in [3.63, 3.8) is 0 Å². The number of amides is 5. The van der Waals surface area contributed by atoms with Crippen LogP contribution >= 0.6 is 11.6 Å². The molecule has 0 aromatic heterocycles. The molecule has 3 aliphatic heterocycles. The van der Waals surface area contributed by atoms with Crippen molar-refractivity contribution < 1.29 is 71.9 Å². The number of carbonyl (C=O) groups is 8. The van der Waals surface area contributed by atoms with E-state index in [1.807, 2.05) is 33.8 Å². The summed E-state index contributed by atoms with van der Waals surface area (Å²) in [5.74, 6) is -3.25. The monoisotopic (exact) mass is 1180 g/mol. The first-order valence-electron chi connectivity index (χ1n) is 29.0. The number of nitrogens with one attached hydrogen (secondary N) is 3. The topological polar surface area (TPSA) is 281 Å². The predicted octanol–water partition coefficient (Wildman–Crippen LogP) is 8.50. The second-order valence-electron chi connectivity index (χ2n) is 23.6. The van der Waals surface area contributed by atoms with Gasteiger partial charge in [-0.3, -0.25) is 34.1 Å². The van der Waals surface area contributed by atoms with Crippen molar-refractivity contribution in [1.82, 2.24) is 10.6 Å². The van der Waals surface area contributed by atoms with Gasteiger partial charge in [0.2, 0.25) is 11.8 Å². The lowest BCUT2D eigenvalue weighted by Crippen LogP contribution is -2.53. The smallest absolute Gasteiger partial charge is 0.412 e. The van der Waals surface area contributed by atoms with E-state index in [4.69, 9.17) is 45.8 Å². The summed E-state index contributed by atoms with van der Waals surface area (Å²) in [4.78, 5) is 108. The van der Waals surface area contributed by atoms with Gasteiger partial charge in [0.05, 0.1) is 49.8 Å². The minimum Gasteiger partial charge on any atom is -0.495 e. The van der Waals surface area contributed by atoms with Gasteiger partial charge in [-0.1, -0.05) is 68.7 Å². The summed E-state index contributed by atoms with van der Waals surface area (Å²) in [7, 11) is 4.49. The van der Waals surface area contributed by atoms with Crippen LogP contribution in [0.1, 0.15) is 142 Å². The van der Waals surface area contributed by atoms with Gasteiger partial charge in [-0.15, -0.1) is 0 Å². The quantitative estimate of drug-likeness (QED) is 0.0302. The van der Waals surface area contributed by atoms with E-state index >= 15 is 0 Å². The van der Waals surface area contributed by atoms with Crippen molar-refractivity contribution in [2.45, 2.75) is 193 Å². The summed E-state index contributed by atoms with van der Waals surface area (Å²) in [6, 6.07) is 6.78. The van der Waals surface area contributed by atoms with Crippen LogP contribution in [-0.4, -0.2) is 128 Å². The maximum atomic E-state index is 14.5. The van der Waals surface area contributed by atoms with E-state index < -0.39 is 83.4 Å². The second kappa shape index (κ2) is 29.4. The molecule has 5 amide bonds. The molecule has 1 unspecified atom stereocenters. The highest BCUT2D eigenvalue weighted by molar-refractivity contribution is 6.35. The Labute approximate surface area is 492 Å². The SMILES string of the molecule is COc1cc2cc(c1Cl)N(C)C(=O)C[C@H](OC(=O)Nc1ccc(CC(=O)[C@H](CCCNC(N)=O)NC(=O)[C@@H](CC(=O)CCCCC(C)OC(=O)C3CCC3)C(C)C)c(C)c1)[C@]1(C)O[C@H]1[C@H](C)[C@@H]1C[C@@](O)(CC(=O)O1)[C@H](OC)/C=C/C=C(\C)C2. The molecule has 21 heteroatoms. The number of esters is 2. The first kappa shape index (κ1) is 65.8. The van der Waals surface area contributed by atoms with E-state index in [2.05, 4.69) is 16.0 Å². The number of unbranched alkanes of at least 4 members (excludes halogenated alkanes) is 1. The highest BCUT2D eigenvalue weighted by atomic mass is 35.5. The van der Waals surface area contributed by atoms with Crippen LogP contribution < -0.4 is 31.3 Å². The molecule has 10 atom stereocenters. The molecular formula is C62H86ClN5O15. The van der Waals surface area contributed by atoms with E-state index in [0.29, 0.717) is 60.4 Å². The Bertz CT molecular complexity index is 2760. The Morgan fingerprint density at radius 3 is 2.39 bits per heavy atom. The Morgan fingerprint density at radius 2 is 1.73 bits per heavy atom. The van der Waals surface area contributed by atoms with Crippen LogP contribution in [0.3, 0.4) is 0 Å². The number of hydrogen-bond acceptors (Lipinski definition) is 15. The standard InChI is InChI=1S/C62H86ClN5O15/c1-35(2)45(31-44(69)20-12-11-17-38(5)80-58(74)41-18-14-19-41)57(73)67-46(21-15-25-65-59(64)75)48(70)30-42-23-24-43(27-37(42)4)66-60(76)82-52-32-53(71)68(8)47-28-40(29-49(78-9)55(47)63)26-36(3)16-13-22-51(79-10)62(77)33-50(81-54(72)34-62)39(6)56-61(52,7)83-56/h13,16,22-24,27-29,35,38-39,41,45-46,50-52,56,77H,11-12,14-15,17-21,25-26,30-34H2,1-10H3,(H,66,76)(H,67,73)(H3,64,65,75)/b22-13+,36-16+/t38?,39-,45+,46+,50+,51-,52+,56+,61+,62-/m1/s1. The number of urea groups is 1. The molecule has 6 N–H and O–H groups in total. The summed E-state index contributed by atoms with van der Waals surface area (Å²) < 4.78 is 35.3. The lowest BCUT2D eigenvalue weighted by Gasteiger charge is -2.41. The number of rotatable bonds is 23. The number of fused-ring (bicyclic) bond motifs is 5. The highest BCUT2D eigenvalue weighted by Crippen LogP contribution is 2.50. The molecule has 1 aliphatic carbocycles. The van der Waals surface area contributed by atoms with Crippen molar-refractivity contribution in [2.24, 2.45) is 29.4 Å². The number of aliphatic hydroxyl groups is 1. The van der Waals surface area contributed by atoms with Gasteiger partial charge in [0.15, 0.2) is 5.78 Å². The number of nitrogens with two attached hydrogens (primary N) is 1. The molecule has 2 saturated heterocycles. The summed E-state index contributed by atoms with van der Waals surface area (Å²) in [5, 5.41) is 20.4. The lowest BCUT2D eigenvalue weighted by molar-refractivity contribution is -0.187. The summed E-state index contributed by atoms with van der Waals surface area (Å²) in [6.45, 7) is 12.9. The van der Waals surface area contributed by atoms with E-state index in [9.17, 15) is 43.5 Å². The molecule has 3 heterocycles. The number of allylic oxidation sites excluding steroid dienone is 3. The van der Waals surface area contributed by atoms with Crippen LogP contribution in [0.5, 0.6) is 5.75 Å². The molecule has 456 valence electrons. The number of hydrogen-bond donors (Lipinski definition) is 5. The van der Waals surface area contributed by atoms with E-state index in [-0.39, 0.29) is 92.0 Å². The van der Waals surface area contributed by atoms with Crippen molar-refractivity contribution in [2.75, 3.05) is 38.0 Å². The Balaban J connectivity index is 1.15. The van der Waals surface area contributed by atoms with Crippen LogP contribution in [0.4, 0.5) is 21.0 Å². The number of anilines is 2. The molecule has 2 aromatic rings. The largest absolute Gasteiger partial charge is 0.495 e. The van der Waals surface area contributed by atoms with Crippen molar-refractivity contribution in [3.8, 4) is 5.75 Å². The normalized spacial score (nSPS) is 25.9. The maximum absolute atomic E-state index is 14.5. The summed E-state index contributed by atoms with van der Waals surface area (Å²) >= 11 is 6.86. The van der Waals surface area contributed by atoms with E-state index in [0.717, 1.165) is 30.4 Å². The molecule has 6 rings (SSSR count). The zero-order valence-corrected chi connectivity index (χ0v) is 50.5. The van der Waals surface area contributed by atoms with Crippen molar-refractivity contribution in [1.29, 1.82) is 0 Å². The molecule has 4 aliphatic rings. The van der Waals surface area contributed by atoms with E-state index in [1.54, 1.807) is 70.3 Å². The average molecular weight is 1180 g/mol. The first-order chi connectivity index (χ1) is 39.2. The zero-order chi connectivity index (χ0) is 60.9. The average Bonchev–Trinajstić information content (AvgIpc) is 2.00. The van der Waals surface area contributed by atoms with Crippen LogP contribution in [0.2, 0.25) is 5.02 Å². The third kappa shape index (κ3) is 17.8. The number of halogens is 1.